The SMILES string of the molecule is Nc1cc(OCc2ccccc2)c(Cl)cc1Cl.O=[N+]([O-])c1cc(OCc2ccccc2)c(Cl)cc1Cl. The lowest BCUT2D eigenvalue weighted by Gasteiger charge is -2.09. The minimum atomic E-state index is -0.575. The third-order valence-corrected chi connectivity index (χ3v) is 5.94. The Morgan fingerprint density at radius 2 is 1.11 bits per heavy atom. The van der Waals surface area contributed by atoms with E-state index in [1.54, 1.807) is 12.1 Å². The van der Waals surface area contributed by atoms with Crippen molar-refractivity contribution in [2.75, 3.05) is 5.73 Å². The fourth-order valence-corrected chi connectivity index (χ4v) is 3.84. The first-order valence-corrected chi connectivity index (χ1v) is 12.0. The molecule has 36 heavy (non-hydrogen) atoms. The Labute approximate surface area is 228 Å². The molecule has 4 aromatic carbocycles. The smallest absolute Gasteiger partial charge is 0.291 e. The number of hydrogen-bond donors (Lipinski definition) is 1. The molecule has 0 radical (unpaired) electrons. The molecule has 0 saturated heterocycles. The predicted molar refractivity (Wildman–Crippen MR) is 146 cm³/mol. The number of benzene rings is 4. The first kappa shape index (κ1) is 27.4. The monoisotopic (exact) mass is 564 g/mol. The van der Waals surface area contributed by atoms with Crippen LogP contribution in [0.25, 0.3) is 0 Å². The average molecular weight is 566 g/mol. The van der Waals surface area contributed by atoms with Gasteiger partial charge in [0.15, 0.2) is 0 Å². The highest BCUT2D eigenvalue weighted by molar-refractivity contribution is 6.37. The minimum Gasteiger partial charge on any atom is -0.487 e. The second kappa shape index (κ2) is 13.2. The van der Waals surface area contributed by atoms with Crippen molar-refractivity contribution in [1.82, 2.24) is 0 Å². The molecule has 0 heterocycles. The Morgan fingerprint density at radius 1 is 0.667 bits per heavy atom. The summed E-state index contributed by atoms with van der Waals surface area (Å²) < 4.78 is 11.1. The van der Waals surface area contributed by atoms with Gasteiger partial charge in [-0.1, -0.05) is 107 Å². The van der Waals surface area contributed by atoms with Crippen LogP contribution in [-0.4, -0.2) is 4.92 Å². The van der Waals surface area contributed by atoms with Gasteiger partial charge >= 0.3 is 0 Å². The van der Waals surface area contributed by atoms with Crippen molar-refractivity contribution in [2.45, 2.75) is 13.2 Å². The number of nitrogens with two attached hydrogens (primary N) is 1. The van der Waals surface area contributed by atoms with E-state index in [1.807, 2.05) is 60.7 Å². The van der Waals surface area contributed by atoms with Crippen LogP contribution in [0.1, 0.15) is 11.1 Å². The van der Waals surface area contributed by atoms with Crippen LogP contribution >= 0.6 is 46.4 Å². The van der Waals surface area contributed by atoms with Crippen molar-refractivity contribution in [3.05, 3.63) is 126 Å². The first-order chi connectivity index (χ1) is 17.2. The summed E-state index contributed by atoms with van der Waals surface area (Å²) in [6.07, 6.45) is 0. The van der Waals surface area contributed by atoms with Crippen LogP contribution in [-0.2, 0) is 13.2 Å². The molecule has 0 unspecified atom stereocenters. The zero-order valence-electron chi connectivity index (χ0n) is 18.7. The van der Waals surface area contributed by atoms with Gasteiger partial charge in [0.25, 0.3) is 5.69 Å². The van der Waals surface area contributed by atoms with Crippen LogP contribution in [0, 0.1) is 10.1 Å². The van der Waals surface area contributed by atoms with Gasteiger partial charge in [0, 0.05) is 6.07 Å². The lowest BCUT2D eigenvalue weighted by molar-refractivity contribution is -0.384. The maximum absolute atomic E-state index is 10.8. The Morgan fingerprint density at radius 3 is 1.58 bits per heavy atom. The molecule has 186 valence electrons. The number of nitrogen functional groups attached to an aromatic ring is 1. The second-order valence-corrected chi connectivity index (χ2v) is 8.97. The average Bonchev–Trinajstić information content (AvgIpc) is 2.86. The Balaban J connectivity index is 0.000000202. The van der Waals surface area contributed by atoms with E-state index >= 15 is 0 Å². The van der Waals surface area contributed by atoms with Crippen LogP contribution in [0.2, 0.25) is 20.1 Å². The maximum atomic E-state index is 10.8. The van der Waals surface area contributed by atoms with E-state index in [0.717, 1.165) is 11.1 Å². The lowest BCUT2D eigenvalue weighted by Crippen LogP contribution is -1.97. The van der Waals surface area contributed by atoms with Crippen LogP contribution in [0.3, 0.4) is 0 Å². The van der Waals surface area contributed by atoms with Crippen LogP contribution in [0.15, 0.2) is 84.9 Å². The molecule has 2 N–H and O–H groups in total. The molecule has 4 aromatic rings. The highest BCUT2D eigenvalue weighted by atomic mass is 35.5. The number of anilines is 1. The van der Waals surface area contributed by atoms with Crippen molar-refractivity contribution in [2.24, 2.45) is 0 Å². The van der Waals surface area contributed by atoms with E-state index in [-0.39, 0.29) is 28.1 Å². The molecule has 0 aromatic heterocycles. The molecule has 10 heteroatoms. The Hall–Kier alpha value is -3.16. The Bertz CT molecular complexity index is 1320. The van der Waals surface area contributed by atoms with E-state index in [2.05, 4.69) is 0 Å². The van der Waals surface area contributed by atoms with E-state index in [9.17, 15) is 10.1 Å². The zero-order chi connectivity index (χ0) is 26.1. The number of ether oxygens (including phenoxy) is 2. The molecule has 0 aliphatic rings. The topological polar surface area (TPSA) is 87.6 Å². The summed E-state index contributed by atoms with van der Waals surface area (Å²) in [5, 5.41) is 11.9. The molecular weight excluding hydrogens is 546 g/mol. The van der Waals surface area contributed by atoms with Gasteiger partial charge in [-0.05, 0) is 23.3 Å². The fraction of sp³-hybridized carbons (Fsp3) is 0.0769. The van der Waals surface area contributed by atoms with Gasteiger partial charge in [-0.25, -0.2) is 0 Å². The number of nitro groups is 1. The standard InChI is InChI=1S/C13H9Cl2NO3.C13H11Cl2NO/c14-10-6-11(15)13(7-12(10)16(17)18)19-8-9-4-2-1-3-5-9;14-10-6-11(15)13(7-12(10)16)17-8-9-4-2-1-3-5-9/h1-7H,8H2;1-7H,8,16H2. The largest absolute Gasteiger partial charge is 0.487 e. The Kier molecular flexibility index (Phi) is 10.1. The van der Waals surface area contributed by atoms with Gasteiger partial charge < -0.3 is 15.2 Å². The summed E-state index contributed by atoms with van der Waals surface area (Å²) in [4.78, 5) is 10.2. The van der Waals surface area contributed by atoms with Gasteiger partial charge in [0.05, 0.1) is 31.7 Å². The van der Waals surface area contributed by atoms with Gasteiger partial charge in [-0.3, -0.25) is 10.1 Å². The third kappa shape index (κ3) is 7.93. The van der Waals surface area contributed by atoms with Crippen molar-refractivity contribution in [3.8, 4) is 11.5 Å². The quantitative estimate of drug-likeness (QED) is 0.138. The molecule has 0 amide bonds. The van der Waals surface area contributed by atoms with Crippen LogP contribution in [0.5, 0.6) is 11.5 Å². The molecule has 0 aliphatic carbocycles. The van der Waals surface area contributed by atoms with Gasteiger partial charge in [-0.2, -0.15) is 0 Å². The highest BCUT2D eigenvalue weighted by Gasteiger charge is 2.17. The summed E-state index contributed by atoms with van der Waals surface area (Å²) >= 11 is 23.5. The van der Waals surface area contributed by atoms with Gasteiger partial charge in [0.1, 0.15) is 29.7 Å². The van der Waals surface area contributed by atoms with E-state index in [1.165, 1.54) is 12.1 Å². The number of nitrogens with zero attached hydrogens (tertiary/aromatic N) is 1. The van der Waals surface area contributed by atoms with Crippen molar-refractivity contribution >= 4 is 57.8 Å². The number of rotatable bonds is 7. The third-order valence-electron chi connectivity index (χ3n) is 4.72. The molecule has 6 nitrogen and oxygen atoms in total. The summed E-state index contributed by atoms with van der Waals surface area (Å²) in [5.41, 5.74) is 7.93. The predicted octanol–water partition coefficient (Wildman–Crippen LogP) is 8.64. The fourth-order valence-electron chi connectivity index (χ4n) is 2.90. The van der Waals surface area contributed by atoms with E-state index in [0.29, 0.717) is 28.1 Å². The summed E-state index contributed by atoms with van der Waals surface area (Å²) in [5.74, 6) is 0.777. The molecule has 0 bridgehead atoms. The summed E-state index contributed by atoms with van der Waals surface area (Å²) in [6, 6.07) is 25.0. The van der Waals surface area contributed by atoms with Crippen molar-refractivity contribution in [3.63, 3.8) is 0 Å². The lowest BCUT2D eigenvalue weighted by atomic mass is 10.2. The number of hydrogen-bond acceptors (Lipinski definition) is 5. The molecule has 0 saturated carbocycles. The molecule has 0 fully saturated rings. The molecular formula is C26H20Cl4N2O4. The van der Waals surface area contributed by atoms with Crippen molar-refractivity contribution in [1.29, 1.82) is 0 Å². The molecule has 0 spiro atoms. The van der Waals surface area contributed by atoms with Crippen LogP contribution in [0.4, 0.5) is 11.4 Å². The van der Waals surface area contributed by atoms with Gasteiger partial charge in [-0.15, -0.1) is 0 Å². The van der Waals surface area contributed by atoms with Gasteiger partial charge in [0.2, 0.25) is 0 Å². The summed E-state index contributed by atoms with van der Waals surface area (Å²) in [7, 11) is 0. The number of nitro benzene ring substituents is 1. The molecule has 0 aliphatic heterocycles. The molecule has 4 rings (SSSR count). The highest BCUT2D eigenvalue weighted by Crippen LogP contribution is 2.36. The second-order valence-electron chi connectivity index (χ2n) is 7.34. The van der Waals surface area contributed by atoms with E-state index in [4.69, 9.17) is 61.6 Å². The van der Waals surface area contributed by atoms with Crippen molar-refractivity contribution < 1.29 is 14.4 Å². The normalized spacial score (nSPS) is 10.2. The zero-order valence-corrected chi connectivity index (χ0v) is 21.7. The maximum Gasteiger partial charge on any atom is 0.291 e. The first-order valence-electron chi connectivity index (χ1n) is 10.5. The van der Waals surface area contributed by atoms with E-state index < -0.39 is 4.92 Å². The number of halogens is 4. The molecule has 0 atom stereocenters. The summed E-state index contributed by atoms with van der Waals surface area (Å²) in [6.45, 7) is 0.723. The minimum absolute atomic E-state index is 0.0120. The van der Waals surface area contributed by atoms with Crippen LogP contribution < -0.4 is 15.2 Å².